The van der Waals surface area contributed by atoms with Gasteiger partial charge >= 0.3 is 0 Å². The molecule has 6 fully saturated rings. The van der Waals surface area contributed by atoms with Crippen LogP contribution >= 0.6 is 0 Å². The first kappa shape index (κ1) is 59.7. The maximum absolute atomic E-state index is 14.9. The third-order valence-corrected chi connectivity index (χ3v) is 20.9. The molecule has 2 saturated carbocycles. The lowest BCUT2D eigenvalue weighted by Crippen LogP contribution is -2.59. The first-order valence-electron chi connectivity index (χ1n) is 31.3. The Balaban J connectivity index is 0.745. The molecule has 88 heavy (non-hydrogen) atoms. The molecule has 3 atom stereocenters. The van der Waals surface area contributed by atoms with Gasteiger partial charge in [0.1, 0.15) is 34.6 Å². The number of pyridine rings is 2. The topological polar surface area (TPSA) is 243 Å². The number of aromatic amines is 1. The minimum atomic E-state index is -4.66. The van der Waals surface area contributed by atoms with Crippen LogP contribution in [-0.2, 0) is 26.0 Å². The number of nitro benzene ring substituents is 1. The van der Waals surface area contributed by atoms with Crippen LogP contribution in [0.1, 0.15) is 106 Å². The number of carbonyl (C=O) groups excluding carboxylic acids is 1. The Kier molecular flexibility index (Phi) is 16.7. The maximum atomic E-state index is 14.9. The van der Waals surface area contributed by atoms with Crippen LogP contribution in [0.15, 0.2) is 96.0 Å². The number of hydrogen-bond acceptors (Lipinski definition) is 19. The van der Waals surface area contributed by atoms with Crippen molar-refractivity contribution in [2.45, 2.75) is 126 Å². The summed E-state index contributed by atoms with van der Waals surface area (Å²) in [6, 6.07) is 26.1. The molecule has 0 unspecified atom stereocenters. The number of H-pyrrole nitrogens is 1. The van der Waals surface area contributed by atoms with Gasteiger partial charge in [0.05, 0.1) is 77.5 Å². The number of aliphatic hydroxyl groups is 1. The Hall–Kier alpha value is -7.28. The van der Waals surface area contributed by atoms with E-state index in [1.165, 1.54) is 17.7 Å². The molecule has 6 aromatic rings. The lowest BCUT2D eigenvalue weighted by atomic mass is 9.59. The number of fused-ring (bicyclic) bond motifs is 3. The number of benzene rings is 3. The van der Waals surface area contributed by atoms with E-state index in [1.807, 2.05) is 37.4 Å². The minimum absolute atomic E-state index is 0.0217. The van der Waals surface area contributed by atoms with E-state index in [0.29, 0.717) is 87.0 Å². The van der Waals surface area contributed by atoms with Gasteiger partial charge in [0.15, 0.2) is 0 Å². The van der Waals surface area contributed by atoms with Gasteiger partial charge < -0.3 is 53.8 Å². The van der Waals surface area contributed by atoms with E-state index in [9.17, 15) is 28.4 Å². The summed E-state index contributed by atoms with van der Waals surface area (Å²) in [6.45, 7) is 15.0. The fourth-order valence-electron chi connectivity index (χ4n) is 14.7. The number of nitro groups is 1. The van der Waals surface area contributed by atoms with Gasteiger partial charge in [0, 0.05) is 100 Å². The van der Waals surface area contributed by atoms with Crippen LogP contribution in [0, 0.1) is 21.4 Å². The van der Waals surface area contributed by atoms with Gasteiger partial charge in [0.25, 0.3) is 21.6 Å². The maximum Gasteiger partial charge on any atom is 0.293 e. The molecule has 13 rings (SSSR count). The molecule has 7 aliphatic rings. The zero-order valence-corrected chi connectivity index (χ0v) is 51.5. The summed E-state index contributed by atoms with van der Waals surface area (Å²) in [4.78, 5) is 51.4. The molecule has 22 nitrogen and oxygen atoms in total. The zero-order chi connectivity index (χ0) is 60.9. The molecule has 2 aliphatic carbocycles. The van der Waals surface area contributed by atoms with Crippen LogP contribution in [0.25, 0.3) is 11.0 Å². The molecule has 8 heterocycles. The first-order valence-corrected chi connectivity index (χ1v) is 32.8. The molecule has 1 amide bonds. The fourth-order valence-corrected chi connectivity index (χ4v) is 15.7. The quantitative estimate of drug-likeness (QED) is 0.0492. The normalized spacial score (nSPS) is 24.3. The molecule has 3 aromatic carbocycles. The van der Waals surface area contributed by atoms with Gasteiger partial charge in [-0.3, -0.25) is 24.7 Å². The molecule has 4 N–H and O–H groups in total. The number of amides is 1. The fraction of sp³-hybridized carbons (Fsp3) is 0.523. The molecule has 3 aromatic heterocycles. The van der Waals surface area contributed by atoms with Gasteiger partial charge in [-0.1, -0.05) is 18.2 Å². The average molecular weight is 1220 g/mol. The highest BCUT2D eigenvalue weighted by molar-refractivity contribution is 7.90. The second kappa shape index (κ2) is 24.6. The summed E-state index contributed by atoms with van der Waals surface area (Å²) in [5, 5.41) is 26.9. The zero-order valence-electron chi connectivity index (χ0n) is 50.7. The van der Waals surface area contributed by atoms with Crippen LogP contribution < -0.4 is 38.9 Å². The van der Waals surface area contributed by atoms with E-state index >= 15 is 0 Å². The monoisotopic (exact) mass is 1220 g/mol. The minimum Gasteiger partial charge on any atom is -0.491 e. The number of para-hydroxylation sites is 1. The number of anilines is 5. The molecule has 468 valence electrons. The number of nitrogens with one attached hydrogen (secondary N) is 3. The molecular formula is C65H81N11O11S. The number of piperidine rings is 1. The second-order valence-electron chi connectivity index (χ2n) is 25.8. The van der Waals surface area contributed by atoms with Crippen LogP contribution in [0.3, 0.4) is 0 Å². The van der Waals surface area contributed by atoms with Crippen molar-refractivity contribution in [2.24, 2.45) is 11.3 Å². The Morgan fingerprint density at radius 2 is 1.67 bits per heavy atom. The average Bonchev–Trinajstić information content (AvgIpc) is 0.974. The lowest BCUT2D eigenvalue weighted by molar-refractivity contribution is -0.384. The van der Waals surface area contributed by atoms with Crippen molar-refractivity contribution in [3.05, 3.63) is 118 Å². The number of carbonyl (C=O) groups is 1. The summed E-state index contributed by atoms with van der Waals surface area (Å²) in [5.41, 5.74) is 5.08. The van der Waals surface area contributed by atoms with E-state index < -0.39 is 43.1 Å². The molecular weight excluding hydrogens is 1140 g/mol. The van der Waals surface area contributed by atoms with Crippen molar-refractivity contribution in [1.82, 2.24) is 29.5 Å². The lowest BCUT2D eigenvalue weighted by Gasteiger charge is -2.58. The van der Waals surface area contributed by atoms with Crippen molar-refractivity contribution < 1.29 is 46.9 Å². The Morgan fingerprint density at radius 3 is 2.44 bits per heavy atom. The van der Waals surface area contributed by atoms with Crippen molar-refractivity contribution in [1.29, 1.82) is 0 Å². The Bertz CT molecular complexity index is 3650. The number of rotatable bonds is 17. The Morgan fingerprint density at radius 1 is 0.875 bits per heavy atom. The van der Waals surface area contributed by atoms with Gasteiger partial charge in [-0.2, -0.15) is 4.98 Å². The molecule has 5 aliphatic heterocycles. The predicted molar refractivity (Wildman–Crippen MR) is 335 cm³/mol. The number of methoxy groups -OCH3 is 1. The summed E-state index contributed by atoms with van der Waals surface area (Å²) in [7, 11) is -2.96. The number of aromatic nitrogens is 3. The van der Waals surface area contributed by atoms with Crippen molar-refractivity contribution in [2.75, 3.05) is 106 Å². The van der Waals surface area contributed by atoms with Crippen molar-refractivity contribution in [3.8, 4) is 17.5 Å². The highest BCUT2D eigenvalue weighted by atomic mass is 32.2. The van der Waals surface area contributed by atoms with E-state index in [2.05, 4.69) is 89.8 Å². The SMILES string of the molecule is COc1nc(CN2CCN(C3CC4(CCN(c5ccc(C(=O)NS(=O)(=O)c6ccc(NCC7CCC(C)(O)CC7)c([N+](=O)[O-])c6)c(N6c7cc8cc[nH]c8nc7O[C@H]7COCC[C@@H]76)c5)CC4)C3)[C@@H](c3ccccc3OC(C)C)C2)ccc1N1CCOCC1. The molecule has 1 spiro atoms. The van der Waals surface area contributed by atoms with Crippen LogP contribution in [-0.4, -0.2) is 165 Å². The summed E-state index contributed by atoms with van der Waals surface area (Å²) in [6.07, 6.45) is 8.80. The highest BCUT2D eigenvalue weighted by Crippen LogP contribution is 2.54. The molecule has 23 heteroatoms. The number of ether oxygens (including phenoxy) is 5. The largest absolute Gasteiger partial charge is 0.491 e. The summed E-state index contributed by atoms with van der Waals surface area (Å²) >= 11 is 0. The standard InChI is InChI=1S/C65H81N11O11S/c1-42(2)86-58-8-6-5-7-49(58)57-40-71(39-45-9-14-53(62(68-45)83-4)73-28-31-84-32-29-73)26-27-74(57)47-36-65(37-47)21-24-72(25-22-65)46-10-12-50(54(34-46)75-52-18-30-85-41-59(52)87-63-56(75)33-44-17-23-66-60(44)69-63)61(77)70-88(81,82)48-11-13-51(55(35-48)76(79)80)67-38-43-15-19-64(3,78)20-16-43/h5-14,17,23,33-35,42-43,47,52,57,59,67,78H,15-16,18-22,24-32,36-41H2,1-4H3,(H,66,69)(H,70,77)/t43?,52-,57+,59-,64?/m0/s1. The van der Waals surface area contributed by atoms with E-state index in [0.717, 1.165) is 119 Å². The number of nitrogens with zero attached hydrogens (tertiary/aromatic N) is 8. The van der Waals surface area contributed by atoms with Crippen LogP contribution in [0.2, 0.25) is 0 Å². The van der Waals surface area contributed by atoms with Crippen LogP contribution in [0.5, 0.6) is 17.5 Å². The van der Waals surface area contributed by atoms with Crippen molar-refractivity contribution in [3.63, 3.8) is 0 Å². The number of morpholine rings is 1. The predicted octanol–water partition coefficient (Wildman–Crippen LogP) is 8.97. The molecule has 4 saturated heterocycles. The van der Waals surface area contributed by atoms with Crippen LogP contribution in [0.4, 0.5) is 34.1 Å². The van der Waals surface area contributed by atoms with Gasteiger partial charge in [-0.25, -0.2) is 18.1 Å². The summed E-state index contributed by atoms with van der Waals surface area (Å²) < 4.78 is 61.5. The first-order chi connectivity index (χ1) is 42.5. The van der Waals surface area contributed by atoms with Crippen molar-refractivity contribution >= 4 is 61.1 Å². The third-order valence-electron chi connectivity index (χ3n) is 19.5. The molecule has 0 bridgehead atoms. The van der Waals surface area contributed by atoms with Gasteiger partial charge in [-0.05, 0) is 151 Å². The number of hydrogen-bond donors (Lipinski definition) is 4. The Labute approximate surface area is 514 Å². The summed E-state index contributed by atoms with van der Waals surface area (Å²) in [5.74, 6) is 1.21. The third kappa shape index (κ3) is 12.3. The highest BCUT2D eigenvalue weighted by Gasteiger charge is 2.51. The van der Waals surface area contributed by atoms with Gasteiger partial charge in [0.2, 0.25) is 11.8 Å². The van der Waals surface area contributed by atoms with E-state index in [4.69, 9.17) is 33.7 Å². The van der Waals surface area contributed by atoms with E-state index in [1.54, 1.807) is 13.2 Å². The molecule has 0 radical (unpaired) electrons. The smallest absolute Gasteiger partial charge is 0.293 e. The number of sulfonamides is 1. The van der Waals surface area contributed by atoms with E-state index in [-0.39, 0.29) is 47.4 Å². The van der Waals surface area contributed by atoms with Gasteiger partial charge in [-0.15, -0.1) is 0 Å². The second-order valence-corrected chi connectivity index (χ2v) is 27.4. The number of piperazine rings is 1.